The quantitative estimate of drug-likeness (QED) is 0.437. The van der Waals surface area contributed by atoms with E-state index in [1.807, 2.05) is 43.6 Å². The fourth-order valence-electron chi connectivity index (χ4n) is 4.32. The van der Waals surface area contributed by atoms with Crippen LogP contribution in [0.4, 0.5) is 17.6 Å². The van der Waals surface area contributed by atoms with Crippen molar-refractivity contribution < 1.29 is 0 Å². The number of anilines is 3. The lowest BCUT2D eigenvalue weighted by molar-refractivity contribution is 0.907. The molecule has 1 aliphatic rings. The molecular weight excluding hydrogens is 412 g/mol. The average Bonchev–Trinajstić information content (AvgIpc) is 3.47. The Bertz CT molecular complexity index is 1480. The third-order valence-electron chi connectivity index (χ3n) is 6.27. The molecule has 1 aliphatic heterocycles. The summed E-state index contributed by atoms with van der Waals surface area (Å²) in [6.07, 6.45) is 8.10. The van der Waals surface area contributed by atoms with Gasteiger partial charge in [0.2, 0.25) is 11.9 Å². The largest absolute Gasteiger partial charge is 0.341 e. The predicted molar refractivity (Wildman–Crippen MR) is 130 cm³/mol. The van der Waals surface area contributed by atoms with E-state index in [-0.39, 0.29) is 0 Å². The van der Waals surface area contributed by atoms with Gasteiger partial charge in [-0.15, -0.1) is 0 Å². The van der Waals surface area contributed by atoms with E-state index in [2.05, 4.69) is 48.6 Å². The molecule has 33 heavy (non-hydrogen) atoms. The van der Waals surface area contributed by atoms with Crippen LogP contribution in [-0.2, 0) is 0 Å². The van der Waals surface area contributed by atoms with E-state index < -0.39 is 0 Å². The minimum absolute atomic E-state index is 0.539. The van der Waals surface area contributed by atoms with E-state index in [1.54, 1.807) is 6.20 Å². The van der Waals surface area contributed by atoms with Crippen molar-refractivity contribution in [2.45, 2.75) is 26.7 Å². The number of nitrogens with one attached hydrogen (secondary N) is 1. The Morgan fingerprint density at radius 1 is 0.909 bits per heavy atom. The normalized spacial score (nSPS) is 13.8. The fourth-order valence-corrected chi connectivity index (χ4v) is 4.32. The number of fused-ring (bicyclic) bond motifs is 2. The van der Waals surface area contributed by atoms with Crippen LogP contribution in [0.15, 0.2) is 55.0 Å². The molecule has 5 heterocycles. The Hall–Kier alpha value is -4.07. The van der Waals surface area contributed by atoms with Crippen LogP contribution in [0.2, 0.25) is 0 Å². The highest BCUT2D eigenvalue weighted by atomic mass is 15.3. The van der Waals surface area contributed by atoms with Crippen LogP contribution in [0.3, 0.4) is 0 Å². The minimum atomic E-state index is 0.539. The standard InChI is InChI=1S/C25H24N8/c1-16-17(2)33-12-8-20(14-23(33)28-16)29-24-26-9-7-22(30-24)18-5-6-21-19(13-18)15-27-25(31-21)32-10-3-4-11-32/h5-9,12-15H,3-4,10-11H2,1-2H3,(H,26,29,30). The summed E-state index contributed by atoms with van der Waals surface area (Å²) in [7, 11) is 0. The minimum Gasteiger partial charge on any atom is -0.341 e. The van der Waals surface area contributed by atoms with Crippen LogP contribution < -0.4 is 10.2 Å². The zero-order chi connectivity index (χ0) is 22.4. The number of aromatic nitrogens is 6. The molecule has 0 atom stereocenters. The molecule has 1 fully saturated rings. The summed E-state index contributed by atoms with van der Waals surface area (Å²) in [4.78, 5) is 25.3. The predicted octanol–water partition coefficient (Wildman–Crippen LogP) is 4.70. The van der Waals surface area contributed by atoms with Crippen LogP contribution in [0.5, 0.6) is 0 Å². The Morgan fingerprint density at radius 3 is 2.67 bits per heavy atom. The molecule has 4 aromatic heterocycles. The van der Waals surface area contributed by atoms with Crippen LogP contribution in [0.25, 0.3) is 27.8 Å². The van der Waals surface area contributed by atoms with E-state index in [9.17, 15) is 0 Å². The Labute approximate surface area is 191 Å². The molecule has 0 amide bonds. The van der Waals surface area contributed by atoms with Gasteiger partial charge >= 0.3 is 0 Å². The molecule has 8 heteroatoms. The molecule has 8 nitrogen and oxygen atoms in total. The van der Waals surface area contributed by atoms with Gasteiger partial charge in [0.15, 0.2) is 0 Å². The van der Waals surface area contributed by atoms with Crippen LogP contribution in [-0.4, -0.2) is 42.4 Å². The van der Waals surface area contributed by atoms with Gasteiger partial charge in [0.25, 0.3) is 0 Å². The molecule has 0 aliphatic carbocycles. The fraction of sp³-hybridized carbons (Fsp3) is 0.240. The monoisotopic (exact) mass is 436 g/mol. The summed E-state index contributed by atoms with van der Waals surface area (Å²) < 4.78 is 2.07. The van der Waals surface area contributed by atoms with Gasteiger partial charge in [-0.2, -0.15) is 0 Å². The highest BCUT2D eigenvalue weighted by molar-refractivity contribution is 5.84. The SMILES string of the molecule is Cc1nc2cc(Nc3nccc(-c4ccc5nc(N6CCCC6)ncc5c4)n3)ccn2c1C. The van der Waals surface area contributed by atoms with Crippen LogP contribution >= 0.6 is 0 Å². The molecule has 0 saturated carbocycles. The maximum Gasteiger partial charge on any atom is 0.227 e. The van der Waals surface area contributed by atoms with Crippen molar-refractivity contribution in [1.29, 1.82) is 0 Å². The Kier molecular flexibility index (Phi) is 4.64. The zero-order valence-corrected chi connectivity index (χ0v) is 18.7. The highest BCUT2D eigenvalue weighted by Gasteiger charge is 2.15. The van der Waals surface area contributed by atoms with Crippen molar-refractivity contribution >= 4 is 34.1 Å². The third-order valence-corrected chi connectivity index (χ3v) is 6.27. The number of nitrogens with zero attached hydrogens (tertiary/aromatic N) is 7. The number of aryl methyl sites for hydroxylation is 2. The lowest BCUT2D eigenvalue weighted by Gasteiger charge is -2.15. The maximum atomic E-state index is 4.76. The first-order valence-corrected chi connectivity index (χ1v) is 11.2. The molecule has 164 valence electrons. The number of hydrogen-bond acceptors (Lipinski definition) is 7. The lowest BCUT2D eigenvalue weighted by atomic mass is 10.1. The van der Waals surface area contributed by atoms with Crippen molar-refractivity contribution in [3.8, 4) is 11.3 Å². The Morgan fingerprint density at radius 2 is 1.79 bits per heavy atom. The molecule has 5 aromatic rings. The lowest BCUT2D eigenvalue weighted by Crippen LogP contribution is -2.20. The molecule has 0 radical (unpaired) electrons. The number of benzene rings is 1. The van der Waals surface area contributed by atoms with E-state index in [4.69, 9.17) is 9.97 Å². The Balaban J connectivity index is 1.28. The van der Waals surface area contributed by atoms with Crippen molar-refractivity contribution in [2.24, 2.45) is 0 Å². The highest BCUT2D eigenvalue weighted by Crippen LogP contribution is 2.25. The summed E-state index contributed by atoms with van der Waals surface area (Å²) in [6, 6.07) is 12.1. The number of rotatable bonds is 4. The molecule has 0 unspecified atom stereocenters. The van der Waals surface area contributed by atoms with Crippen molar-refractivity contribution in [3.63, 3.8) is 0 Å². The smallest absolute Gasteiger partial charge is 0.227 e. The first-order valence-electron chi connectivity index (χ1n) is 11.2. The first kappa shape index (κ1) is 19.6. The molecule has 0 bridgehead atoms. The van der Waals surface area contributed by atoms with E-state index in [1.165, 1.54) is 12.8 Å². The molecule has 0 spiro atoms. The second kappa shape index (κ2) is 7.81. The third kappa shape index (κ3) is 3.63. The molecular formula is C25H24N8. The molecule has 1 aromatic carbocycles. The van der Waals surface area contributed by atoms with E-state index >= 15 is 0 Å². The first-order chi connectivity index (χ1) is 16.1. The van der Waals surface area contributed by atoms with Crippen molar-refractivity contribution in [2.75, 3.05) is 23.3 Å². The summed E-state index contributed by atoms with van der Waals surface area (Å²) in [5, 5.41) is 4.30. The second-order valence-corrected chi connectivity index (χ2v) is 8.45. The van der Waals surface area contributed by atoms with E-state index in [0.29, 0.717) is 5.95 Å². The summed E-state index contributed by atoms with van der Waals surface area (Å²) in [6.45, 7) is 6.15. The van der Waals surface area contributed by atoms with Crippen LogP contribution in [0, 0.1) is 13.8 Å². The second-order valence-electron chi connectivity index (χ2n) is 8.45. The van der Waals surface area contributed by atoms with Gasteiger partial charge in [-0.05, 0) is 51.0 Å². The zero-order valence-electron chi connectivity index (χ0n) is 18.7. The van der Waals surface area contributed by atoms with Crippen LogP contribution in [0.1, 0.15) is 24.2 Å². The number of imidazole rings is 1. The van der Waals surface area contributed by atoms with Gasteiger partial charge < -0.3 is 14.6 Å². The van der Waals surface area contributed by atoms with Gasteiger partial charge in [-0.1, -0.05) is 6.07 Å². The van der Waals surface area contributed by atoms with Crippen molar-refractivity contribution in [1.82, 2.24) is 29.3 Å². The average molecular weight is 437 g/mol. The summed E-state index contributed by atoms with van der Waals surface area (Å²) >= 11 is 0. The van der Waals surface area contributed by atoms with Gasteiger partial charge in [0.05, 0.1) is 16.9 Å². The van der Waals surface area contributed by atoms with Gasteiger partial charge in [-0.3, -0.25) is 0 Å². The molecule has 1 N–H and O–H groups in total. The van der Waals surface area contributed by atoms with Gasteiger partial charge in [0.1, 0.15) is 5.65 Å². The maximum absolute atomic E-state index is 4.76. The summed E-state index contributed by atoms with van der Waals surface area (Å²) in [5.41, 5.74) is 6.74. The molecule has 1 saturated heterocycles. The van der Waals surface area contributed by atoms with Gasteiger partial charge in [-0.25, -0.2) is 24.9 Å². The van der Waals surface area contributed by atoms with Crippen molar-refractivity contribution in [3.05, 3.63) is 66.4 Å². The van der Waals surface area contributed by atoms with Gasteiger partial charge in [0, 0.05) is 60.1 Å². The number of pyridine rings is 1. The summed E-state index contributed by atoms with van der Waals surface area (Å²) in [5.74, 6) is 1.36. The molecule has 6 rings (SSSR count). The number of hydrogen-bond donors (Lipinski definition) is 1. The topological polar surface area (TPSA) is 84.1 Å². The van der Waals surface area contributed by atoms with E-state index in [0.717, 1.165) is 63.9 Å².